The number of ketones is 1. The summed E-state index contributed by atoms with van der Waals surface area (Å²) in [4.78, 5) is 25.1. The summed E-state index contributed by atoms with van der Waals surface area (Å²) in [6.45, 7) is 9.37. The van der Waals surface area contributed by atoms with Crippen molar-refractivity contribution >= 4 is 11.9 Å². The molecule has 1 amide bonds. The molecule has 34 heavy (non-hydrogen) atoms. The molecule has 0 saturated heterocycles. The van der Waals surface area contributed by atoms with Gasteiger partial charge in [-0.05, 0) is 42.6 Å². The number of aliphatic hydroxyl groups excluding tert-OH is 1. The second-order valence-electron chi connectivity index (χ2n) is 11.1. The molecule has 0 aliphatic heterocycles. The molecule has 2 aliphatic rings. The largest absolute Gasteiger partial charge is 0.449 e. The van der Waals surface area contributed by atoms with Gasteiger partial charge in [-0.15, -0.1) is 0 Å². The minimum absolute atomic E-state index is 0.105. The number of amides is 1. The van der Waals surface area contributed by atoms with E-state index in [0.29, 0.717) is 25.0 Å². The summed E-state index contributed by atoms with van der Waals surface area (Å²) in [5.74, 6) is 0.528. The Kier molecular flexibility index (Phi) is 9.96. The highest BCUT2D eigenvalue weighted by atomic mass is 16.5. The minimum Gasteiger partial charge on any atom is -0.449 e. The average Bonchev–Trinajstić information content (AvgIpc) is 3.49. The lowest BCUT2D eigenvalue weighted by molar-refractivity contribution is -0.112. The van der Waals surface area contributed by atoms with Crippen molar-refractivity contribution in [3.63, 3.8) is 0 Å². The zero-order valence-electron chi connectivity index (χ0n) is 21.3. The van der Waals surface area contributed by atoms with Crippen LogP contribution in [0.2, 0.25) is 0 Å². The second kappa shape index (κ2) is 12.7. The number of benzene rings is 1. The van der Waals surface area contributed by atoms with E-state index >= 15 is 0 Å². The van der Waals surface area contributed by atoms with Crippen molar-refractivity contribution in [3.05, 3.63) is 35.9 Å². The van der Waals surface area contributed by atoms with Gasteiger partial charge >= 0.3 is 6.09 Å². The van der Waals surface area contributed by atoms with Gasteiger partial charge in [0.1, 0.15) is 5.78 Å². The van der Waals surface area contributed by atoms with Crippen molar-refractivity contribution in [1.29, 1.82) is 0 Å². The maximum atomic E-state index is 12.6. The Hall–Kier alpha value is -1.92. The van der Waals surface area contributed by atoms with E-state index in [0.717, 1.165) is 24.8 Å². The molecule has 2 aliphatic carbocycles. The first-order chi connectivity index (χ1) is 16.3. The van der Waals surface area contributed by atoms with Crippen LogP contribution in [0.5, 0.6) is 0 Å². The van der Waals surface area contributed by atoms with Gasteiger partial charge in [0.15, 0.2) is 0 Å². The van der Waals surface area contributed by atoms with Crippen LogP contribution in [0.15, 0.2) is 30.3 Å². The van der Waals surface area contributed by atoms with Gasteiger partial charge in [0.05, 0.1) is 24.5 Å². The van der Waals surface area contributed by atoms with Gasteiger partial charge < -0.3 is 20.5 Å². The van der Waals surface area contributed by atoms with Gasteiger partial charge in [0.25, 0.3) is 0 Å². The summed E-state index contributed by atoms with van der Waals surface area (Å²) in [7, 11) is 0. The van der Waals surface area contributed by atoms with E-state index < -0.39 is 6.10 Å². The van der Waals surface area contributed by atoms with E-state index in [4.69, 9.17) is 4.74 Å². The SMILES string of the molecule is CC(C)C[C@H](CN[C@@H](C(C)C)[C@H](O)C1C(=O)C1c1ccccc1)NC(=O)OCC1CCCCC1. The maximum absolute atomic E-state index is 12.6. The fourth-order valence-electron chi connectivity index (χ4n) is 5.43. The molecule has 2 saturated carbocycles. The van der Waals surface area contributed by atoms with E-state index in [2.05, 4.69) is 38.3 Å². The first-order valence-electron chi connectivity index (χ1n) is 13.2. The number of carbonyl (C=O) groups excluding carboxylic acids is 2. The molecule has 0 spiro atoms. The highest BCUT2D eigenvalue weighted by molar-refractivity contribution is 6.05. The Morgan fingerprint density at radius 1 is 1.09 bits per heavy atom. The fourth-order valence-corrected chi connectivity index (χ4v) is 5.43. The molecule has 6 heteroatoms. The molecular formula is C28H44N2O4. The summed E-state index contributed by atoms with van der Waals surface area (Å²) in [6.07, 6.45) is 5.70. The first-order valence-corrected chi connectivity index (χ1v) is 13.2. The van der Waals surface area contributed by atoms with E-state index in [1.807, 2.05) is 30.3 Å². The number of hydrogen-bond acceptors (Lipinski definition) is 5. The van der Waals surface area contributed by atoms with Gasteiger partial charge in [0.2, 0.25) is 0 Å². The molecule has 0 heterocycles. The minimum atomic E-state index is -0.768. The highest BCUT2D eigenvalue weighted by Crippen LogP contribution is 2.46. The molecule has 1 aromatic rings. The zero-order chi connectivity index (χ0) is 24.7. The van der Waals surface area contributed by atoms with Crippen LogP contribution in [-0.4, -0.2) is 48.3 Å². The Labute approximate surface area is 205 Å². The normalized spacial score (nSPS) is 23.6. The molecule has 3 N–H and O–H groups in total. The van der Waals surface area contributed by atoms with Crippen molar-refractivity contribution in [2.24, 2.45) is 23.7 Å². The van der Waals surface area contributed by atoms with Crippen LogP contribution in [-0.2, 0) is 9.53 Å². The second-order valence-corrected chi connectivity index (χ2v) is 11.1. The van der Waals surface area contributed by atoms with Crippen LogP contribution >= 0.6 is 0 Å². The number of carbonyl (C=O) groups is 2. The number of hydrogen-bond donors (Lipinski definition) is 3. The number of rotatable bonds is 12. The number of ether oxygens (including phenoxy) is 1. The Morgan fingerprint density at radius 2 is 1.76 bits per heavy atom. The molecule has 190 valence electrons. The van der Waals surface area contributed by atoms with Crippen molar-refractivity contribution < 1.29 is 19.4 Å². The van der Waals surface area contributed by atoms with Gasteiger partial charge in [-0.3, -0.25) is 4.79 Å². The monoisotopic (exact) mass is 472 g/mol. The quantitative estimate of drug-likeness (QED) is 0.412. The maximum Gasteiger partial charge on any atom is 0.407 e. The predicted molar refractivity (Wildman–Crippen MR) is 135 cm³/mol. The lowest BCUT2D eigenvalue weighted by Gasteiger charge is -2.30. The summed E-state index contributed by atoms with van der Waals surface area (Å²) < 4.78 is 5.55. The van der Waals surface area contributed by atoms with Gasteiger partial charge in [-0.25, -0.2) is 4.79 Å². The highest BCUT2D eigenvalue weighted by Gasteiger charge is 2.56. The number of Topliss-reactive ketones (excluding diaryl/α,β-unsaturated/α-hetero) is 1. The lowest BCUT2D eigenvalue weighted by atomic mass is 9.90. The Bertz CT molecular complexity index is 776. The summed E-state index contributed by atoms with van der Waals surface area (Å²) in [5.41, 5.74) is 0.971. The third-order valence-corrected chi connectivity index (χ3v) is 7.35. The van der Waals surface area contributed by atoms with Crippen molar-refractivity contribution in [1.82, 2.24) is 10.6 Å². The smallest absolute Gasteiger partial charge is 0.407 e. The third kappa shape index (κ3) is 7.54. The van der Waals surface area contributed by atoms with Crippen LogP contribution in [0.1, 0.15) is 77.7 Å². The van der Waals surface area contributed by atoms with Crippen molar-refractivity contribution in [2.75, 3.05) is 13.2 Å². The standard InChI is InChI=1S/C28H44N2O4/c1-18(2)15-22(30-28(33)34-17-20-11-7-5-8-12-20)16-29-25(19(3)4)27(32)24-23(26(24)31)21-13-9-6-10-14-21/h6,9-10,13-14,18-20,22-25,27,29,32H,5,7-8,11-12,15-17H2,1-4H3,(H,30,33)/t22-,23?,24?,25+,27-/m1/s1. The van der Waals surface area contributed by atoms with E-state index in [1.54, 1.807) is 0 Å². The summed E-state index contributed by atoms with van der Waals surface area (Å²) >= 11 is 0. The molecule has 2 unspecified atom stereocenters. The van der Waals surface area contributed by atoms with E-state index in [9.17, 15) is 14.7 Å². The molecule has 0 radical (unpaired) electrons. The molecular weight excluding hydrogens is 428 g/mol. The zero-order valence-corrected chi connectivity index (χ0v) is 21.3. The Balaban J connectivity index is 1.54. The molecule has 5 atom stereocenters. The fraction of sp³-hybridized carbons (Fsp3) is 0.714. The van der Waals surface area contributed by atoms with E-state index in [1.165, 1.54) is 19.3 Å². The van der Waals surface area contributed by atoms with Gasteiger partial charge in [0, 0.05) is 18.6 Å². The van der Waals surface area contributed by atoms with Crippen molar-refractivity contribution in [3.8, 4) is 0 Å². The molecule has 6 nitrogen and oxygen atoms in total. The van der Waals surface area contributed by atoms with Crippen LogP contribution in [0.25, 0.3) is 0 Å². The molecule has 0 aromatic heterocycles. The summed E-state index contributed by atoms with van der Waals surface area (Å²) in [5, 5.41) is 17.6. The molecule has 3 rings (SSSR count). The van der Waals surface area contributed by atoms with Crippen LogP contribution in [0, 0.1) is 23.7 Å². The molecule has 0 bridgehead atoms. The van der Waals surface area contributed by atoms with Gasteiger partial charge in [-0.2, -0.15) is 0 Å². The van der Waals surface area contributed by atoms with Crippen LogP contribution < -0.4 is 10.6 Å². The number of aliphatic hydroxyl groups is 1. The predicted octanol–water partition coefficient (Wildman–Crippen LogP) is 4.67. The third-order valence-electron chi connectivity index (χ3n) is 7.35. The van der Waals surface area contributed by atoms with E-state index in [-0.39, 0.29) is 41.7 Å². The number of nitrogens with one attached hydrogen (secondary N) is 2. The summed E-state index contributed by atoms with van der Waals surface area (Å²) in [6, 6.07) is 9.35. The molecule has 1 aromatic carbocycles. The molecule has 2 fully saturated rings. The van der Waals surface area contributed by atoms with Gasteiger partial charge in [-0.1, -0.05) is 77.3 Å². The average molecular weight is 473 g/mol. The topological polar surface area (TPSA) is 87.7 Å². The number of alkyl carbamates (subject to hydrolysis) is 1. The lowest BCUT2D eigenvalue weighted by Crippen LogP contribution is -2.51. The van der Waals surface area contributed by atoms with Crippen LogP contribution in [0.4, 0.5) is 4.79 Å². The Morgan fingerprint density at radius 3 is 2.38 bits per heavy atom. The first kappa shape index (κ1) is 26.7. The van der Waals surface area contributed by atoms with Crippen molar-refractivity contribution in [2.45, 2.75) is 90.3 Å². The van der Waals surface area contributed by atoms with Crippen LogP contribution in [0.3, 0.4) is 0 Å².